The second-order valence-electron chi connectivity index (χ2n) is 8.56. The van der Waals surface area contributed by atoms with Crippen molar-refractivity contribution in [3.05, 3.63) is 28.8 Å². The van der Waals surface area contributed by atoms with Crippen molar-refractivity contribution < 1.29 is 5.11 Å². The third-order valence-electron chi connectivity index (χ3n) is 4.33. The first-order valence-corrected chi connectivity index (χ1v) is 8.62. The minimum absolute atomic E-state index is 0. The Bertz CT molecular complexity index is 498. The number of nitrogens with two attached hydrogens (primary N) is 1. The molecule has 0 bridgehead atoms. The molecule has 1 rings (SSSR count). The first-order valence-electron chi connectivity index (χ1n) is 8.62. The Balaban J connectivity index is 0.00000484. The highest BCUT2D eigenvalue weighted by Crippen LogP contribution is 2.40. The second kappa shape index (κ2) is 8.39. The lowest BCUT2D eigenvalue weighted by atomic mass is 9.78. The molecule has 0 aliphatic heterocycles. The maximum atomic E-state index is 10.8. The monoisotopic (exact) mass is 341 g/mol. The topological polar surface area (TPSA) is 46.2 Å². The normalized spacial score (nSPS) is 13.6. The van der Waals surface area contributed by atoms with Crippen LogP contribution in [0.2, 0.25) is 0 Å². The number of phenolic OH excluding ortho intramolecular Hbond substituents is 1. The van der Waals surface area contributed by atoms with Gasteiger partial charge < -0.3 is 10.8 Å². The number of rotatable bonds is 5. The molecule has 2 nitrogen and oxygen atoms in total. The van der Waals surface area contributed by atoms with Crippen LogP contribution in [0, 0.1) is 0 Å². The number of hydrogen-bond donors (Lipinski definition) is 2. The molecule has 0 aliphatic carbocycles. The fraction of sp³-hybridized carbons (Fsp3) is 0.700. The largest absolute Gasteiger partial charge is 0.507 e. The summed E-state index contributed by atoms with van der Waals surface area (Å²) in [6.07, 6.45) is 4.42. The lowest BCUT2D eigenvalue weighted by Crippen LogP contribution is -2.20. The van der Waals surface area contributed by atoms with Gasteiger partial charge in [0.1, 0.15) is 5.75 Å². The van der Waals surface area contributed by atoms with E-state index in [-0.39, 0.29) is 29.3 Å². The van der Waals surface area contributed by atoms with Crippen molar-refractivity contribution in [2.75, 3.05) is 0 Å². The van der Waals surface area contributed by atoms with Gasteiger partial charge in [-0.05, 0) is 34.4 Å². The van der Waals surface area contributed by atoms with Crippen molar-refractivity contribution in [2.24, 2.45) is 5.73 Å². The molecule has 0 aromatic heterocycles. The maximum absolute atomic E-state index is 10.8. The van der Waals surface area contributed by atoms with Crippen molar-refractivity contribution in [1.82, 2.24) is 0 Å². The molecule has 0 fully saturated rings. The molecule has 0 radical (unpaired) electrons. The highest BCUT2D eigenvalue weighted by Gasteiger charge is 2.26. The van der Waals surface area contributed by atoms with Crippen LogP contribution >= 0.6 is 12.4 Å². The van der Waals surface area contributed by atoms with E-state index < -0.39 is 0 Å². The highest BCUT2D eigenvalue weighted by atomic mass is 35.5. The Hall–Kier alpha value is -0.730. The summed E-state index contributed by atoms with van der Waals surface area (Å²) in [7, 11) is 0. The zero-order valence-corrected chi connectivity index (χ0v) is 16.8. The fourth-order valence-electron chi connectivity index (χ4n) is 2.71. The van der Waals surface area contributed by atoms with E-state index in [0.29, 0.717) is 5.75 Å². The van der Waals surface area contributed by atoms with Gasteiger partial charge in [0.15, 0.2) is 0 Å². The van der Waals surface area contributed by atoms with Gasteiger partial charge in [-0.15, -0.1) is 12.4 Å². The van der Waals surface area contributed by atoms with Gasteiger partial charge in [0.2, 0.25) is 0 Å². The SMILES string of the molecule is CCCCC[C@H](N)c1cc(C(C)(C)C)cc(C(C)(C)C)c1O.Cl. The average Bonchev–Trinajstić information content (AvgIpc) is 2.36. The molecular weight excluding hydrogens is 306 g/mol. The summed E-state index contributed by atoms with van der Waals surface area (Å²) in [5.41, 5.74) is 9.51. The van der Waals surface area contributed by atoms with Crippen molar-refractivity contribution in [1.29, 1.82) is 0 Å². The first kappa shape index (κ1) is 22.3. The van der Waals surface area contributed by atoms with Gasteiger partial charge in [0.05, 0.1) is 0 Å². The van der Waals surface area contributed by atoms with Crippen molar-refractivity contribution in [2.45, 2.75) is 91.0 Å². The van der Waals surface area contributed by atoms with Gasteiger partial charge >= 0.3 is 0 Å². The maximum Gasteiger partial charge on any atom is 0.124 e. The molecule has 0 heterocycles. The molecular formula is C20H36ClNO. The molecule has 134 valence electrons. The third kappa shape index (κ3) is 6.00. The van der Waals surface area contributed by atoms with Crippen molar-refractivity contribution in [3.8, 4) is 5.75 Å². The summed E-state index contributed by atoms with van der Waals surface area (Å²) >= 11 is 0. The highest BCUT2D eigenvalue weighted by molar-refractivity contribution is 5.85. The van der Waals surface area contributed by atoms with Gasteiger partial charge in [-0.25, -0.2) is 0 Å². The van der Waals surface area contributed by atoms with Gasteiger partial charge in [-0.1, -0.05) is 73.8 Å². The molecule has 1 aromatic carbocycles. The number of halogens is 1. The first-order chi connectivity index (χ1) is 9.98. The quantitative estimate of drug-likeness (QED) is 0.646. The van der Waals surface area contributed by atoms with Crippen molar-refractivity contribution >= 4 is 12.4 Å². The zero-order chi connectivity index (χ0) is 17.1. The summed E-state index contributed by atoms with van der Waals surface area (Å²) in [4.78, 5) is 0. The predicted octanol–water partition coefficient (Wildman–Crippen LogP) is 5.99. The number of aromatic hydroxyl groups is 1. The van der Waals surface area contributed by atoms with E-state index in [9.17, 15) is 5.11 Å². The van der Waals surface area contributed by atoms with Crippen LogP contribution < -0.4 is 5.73 Å². The fourth-order valence-corrected chi connectivity index (χ4v) is 2.71. The number of phenols is 1. The lowest BCUT2D eigenvalue weighted by Gasteiger charge is -2.29. The Kier molecular flexibility index (Phi) is 8.13. The van der Waals surface area contributed by atoms with Crippen LogP contribution in [0.3, 0.4) is 0 Å². The summed E-state index contributed by atoms with van der Waals surface area (Å²) in [6, 6.07) is 4.17. The van der Waals surface area contributed by atoms with Gasteiger partial charge in [0.25, 0.3) is 0 Å². The van der Waals surface area contributed by atoms with Crippen LogP contribution in [0.5, 0.6) is 5.75 Å². The Morgan fingerprint density at radius 1 is 1.00 bits per heavy atom. The van der Waals surface area contributed by atoms with E-state index in [4.69, 9.17) is 5.73 Å². The summed E-state index contributed by atoms with van der Waals surface area (Å²) < 4.78 is 0. The molecule has 0 saturated carbocycles. The molecule has 0 unspecified atom stereocenters. The molecule has 1 aromatic rings. The van der Waals surface area contributed by atoms with Gasteiger partial charge in [-0.2, -0.15) is 0 Å². The van der Waals surface area contributed by atoms with E-state index in [2.05, 4.69) is 60.6 Å². The Labute approximate surface area is 149 Å². The molecule has 0 saturated heterocycles. The standard InChI is InChI=1S/C20H35NO.ClH/c1-8-9-10-11-17(21)15-12-14(19(2,3)4)13-16(18(15)22)20(5,6)7;/h12-13,17,22H,8-11,21H2,1-7H3;1H/t17-;/m0./s1. The van der Waals surface area contributed by atoms with Crippen molar-refractivity contribution in [3.63, 3.8) is 0 Å². The summed E-state index contributed by atoms with van der Waals surface area (Å²) in [5.74, 6) is 0.393. The Morgan fingerprint density at radius 2 is 1.57 bits per heavy atom. The van der Waals surface area contributed by atoms with Gasteiger partial charge in [0, 0.05) is 11.6 Å². The van der Waals surface area contributed by atoms with Crippen LogP contribution in [-0.4, -0.2) is 5.11 Å². The smallest absolute Gasteiger partial charge is 0.124 e. The molecule has 3 N–H and O–H groups in total. The molecule has 0 spiro atoms. The zero-order valence-electron chi connectivity index (χ0n) is 16.0. The Morgan fingerprint density at radius 3 is 2.00 bits per heavy atom. The number of hydrogen-bond acceptors (Lipinski definition) is 2. The van der Waals surface area contributed by atoms with E-state index in [1.807, 2.05) is 0 Å². The van der Waals surface area contributed by atoms with Crippen LogP contribution in [0.25, 0.3) is 0 Å². The number of unbranched alkanes of at least 4 members (excludes halogenated alkanes) is 2. The van der Waals surface area contributed by atoms with E-state index in [1.165, 1.54) is 18.4 Å². The minimum Gasteiger partial charge on any atom is -0.507 e. The van der Waals surface area contributed by atoms with E-state index >= 15 is 0 Å². The van der Waals surface area contributed by atoms with Crippen LogP contribution in [0.1, 0.15) is 96.9 Å². The molecule has 1 atom stereocenters. The van der Waals surface area contributed by atoms with E-state index in [1.54, 1.807) is 0 Å². The third-order valence-corrected chi connectivity index (χ3v) is 4.33. The summed E-state index contributed by atoms with van der Waals surface area (Å²) in [6.45, 7) is 15.2. The molecule has 0 amide bonds. The van der Waals surface area contributed by atoms with Crippen LogP contribution in [-0.2, 0) is 10.8 Å². The average molecular weight is 342 g/mol. The predicted molar refractivity (Wildman–Crippen MR) is 104 cm³/mol. The molecule has 3 heteroatoms. The minimum atomic E-state index is -0.0940. The van der Waals surface area contributed by atoms with E-state index in [0.717, 1.165) is 24.0 Å². The second-order valence-corrected chi connectivity index (χ2v) is 8.56. The lowest BCUT2D eigenvalue weighted by molar-refractivity contribution is 0.428. The number of benzene rings is 1. The molecule has 23 heavy (non-hydrogen) atoms. The summed E-state index contributed by atoms with van der Waals surface area (Å²) in [5, 5.41) is 10.8. The molecule has 0 aliphatic rings. The van der Waals surface area contributed by atoms with Crippen LogP contribution in [0.15, 0.2) is 12.1 Å². The van der Waals surface area contributed by atoms with Gasteiger partial charge in [-0.3, -0.25) is 0 Å². The van der Waals surface area contributed by atoms with Crippen LogP contribution in [0.4, 0.5) is 0 Å².